The second kappa shape index (κ2) is 6.31. The van der Waals surface area contributed by atoms with Crippen molar-refractivity contribution in [3.63, 3.8) is 0 Å². The van der Waals surface area contributed by atoms with E-state index in [1.807, 2.05) is 18.2 Å². The third kappa shape index (κ3) is 3.93. The van der Waals surface area contributed by atoms with E-state index in [-0.39, 0.29) is 0 Å². The topological polar surface area (TPSA) is 43.1 Å². The molecule has 1 aromatic carbocycles. The van der Waals surface area contributed by atoms with Crippen LogP contribution in [0.15, 0.2) is 24.3 Å². The standard InChI is InChI=1S/C14H21NOS/c15-9-13-6-3-7-14(8-13)11-17(16)10-12-4-1-2-5-12/h3,6-8,12H,1-2,4-5,9-11,15H2. The highest BCUT2D eigenvalue weighted by Gasteiger charge is 2.17. The molecule has 2 N–H and O–H groups in total. The highest BCUT2D eigenvalue weighted by Crippen LogP contribution is 2.25. The Morgan fingerprint density at radius 3 is 2.65 bits per heavy atom. The van der Waals surface area contributed by atoms with Gasteiger partial charge in [0, 0.05) is 28.9 Å². The monoisotopic (exact) mass is 251 g/mol. The summed E-state index contributed by atoms with van der Waals surface area (Å²) in [6.07, 6.45) is 5.19. The first-order valence-corrected chi connectivity index (χ1v) is 7.89. The number of benzene rings is 1. The maximum absolute atomic E-state index is 12.0. The van der Waals surface area contributed by atoms with Gasteiger partial charge < -0.3 is 5.73 Å². The molecule has 1 fully saturated rings. The Kier molecular flexibility index (Phi) is 4.75. The van der Waals surface area contributed by atoms with Crippen molar-refractivity contribution in [2.45, 2.75) is 38.0 Å². The largest absolute Gasteiger partial charge is 0.326 e. The van der Waals surface area contributed by atoms with Crippen LogP contribution in [0.4, 0.5) is 0 Å². The Hall–Kier alpha value is -0.670. The molecule has 1 saturated carbocycles. The summed E-state index contributed by atoms with van der Waals surface area (Å²) in [5.74, 6) is 2.27. The average molecular weight is 251 g/mol. The van der Waals surface area contributed by atoms with Gasteiger partial charge in [-0.2, -0.15) is 0 Å². The van der Waals surface area contributed by atoms with Crippen LogP contribution in [-0.2, 0) is 23.1 Å². The zero-order valence-corrected chi connectivity index (χ0v) is 11.0. The van der Waals surface area contributed by atoms with Crippen LogP contribution in [0.2, 0.25) is 0 Å². The summed E-state index contributed by atoms with van der Waals surface area (Å²) in [6.45, 7) is 0.559. The molecule has 17 heavy (non-hydrogen) atoms. The molecule has 0 amide bonds. The van der Waals surface area contributed by atoms with E-state index in [1.54, 1.807) is 0 Å². The molecular weight excluding hydrogens is 230 g/mol. The normalized spacial score (nSPS) is 18.4. The highest BCUT2D eigenvalue weighted by atomic mass is 32.2. The Bertz CT molecular complexity index is 386. The first kappa shape index (κ1) is 12.8. The van der Waals surface area contributed by atoms with Crippen LogP contribution >= 0.6 is 0 Å². The van der Waals surface area contributed by atoms with Crippen molar-refractivity contribution in [2.75, 3.05) is 5.75 Å². The third-order valence-corrected chi connectivity index (χ3v) is 4.95. The zero-order valence-electron chi connectivity index (χ0n) is 10.2. The number of rotatable bonds is 5. The molecule has 0 bridgehead atoms. The van der Waals surface area contributed by atoms with Gasteiger partial charge in [0.05, 0.1) is 0 Å². The molecule has 1 aliphatic carbocycles. The minimum absolute atomic E-state index is 0.559. The Labute approximate surface area is 106 Å². The van der Waals surface area contributed by atoms with E-state index in [0.29, 0.717) is 18.2 Å². The summed E-state index contributed by atoms with van der Waals surface area (Å²) in [6, 6.07) is 8.14. The molecule has 94 valence electrons. The van der Waals surface area contributed by atoms with Crippen molar-refractivity contribution >= 4 is 10.8 Å². The van der Waals surface area contributed by atoms with Crippen LogP contribution in [0.25, 0.3) is 0 Å². The zero-order chi connectivity index (χ0) is 12.1. The molecule has 1 aromatic rings. The predicted octanol–water partition coefficient (Wildman–Crippen LogP) is 2.58. The molecule has 0 heterocycles. The summed E-state index contributed by atoms with van der Waals surface area (Å²) in [7, 11) is -0.712. The maximum Gasteiger partial charge on any atom is 0.0485 e. The van der Waals surface area contributed by atoms with E-state index in [9.17, 15) is 4.21 Å². The van der Waals surface area contributed by atoms with E-state index < -0.39 is 10.8 Å². The fourth-order valence-corrected chi connectivity index (χ4v) is 4.06. The van der Waals surface area contributed by atoms with Gasteiger partial charge in [0.15, 0.2) is 0 Å². The van der Waals surface area contributed by atoms with E-state index in [4.69, 9.17) is 5.73 Å². The van der Waals surface area contributed by atoms with Gasteiger partial charge in [0.1, 0.15) is 0 Å². The van der Waals surface area contributed by atoms with Crippen molar-refractivity contribution in [1.82, 2.24) is 0 Å². The number of nitrogens with two attached hydrogens (primary N) is 1. The van der Waals surface area contributed by atoms with Gasteiger partial charge in [0.25, 0.3) is 0 Å². The van der Waals surface area contributed by atoms with Gasteiger partial charge in [-0.25, -0.2) is 0 Å². The Balaban J connectivity index is 1.88. The molecule has 1 aliphatic rings. The van der Waals surface area contributed by atoms with Crippen LogP contribution in [0, 0.1) is 5.92 Å². The molecule has 2 nitrogen and oxygen atoms in total. The van der Waals surface area contributed by atoms with Gasteiger partial charge in [-0.05, 0) is 29.9 Å². The van der Waals surface area contributed by atoms with Gasteiger partial charge in [-0.1, -0.05) is 37.1 Å². The van der Waals surface area contributed by atoms with Crippen LogP contribution in [0.1, 0.15) is 36.8 Å². The molecule has 3 heteroatoms. The van der Waals surface area contributed by atoms with Crippen LogP contribution in [0.3, 0.4) is 0 Å². The molecule has 0 aromatic heterocycles. The highest BCUT2D eigenvalue weighted by molar-refractivity contribution is 7.84. The summed E-state index contributed by atoms with van der Waals surface area (Å²) in [5.41, 5.74) is 7.89. The summed E-state index contributed by atoms with van der Waals surface area (Å²) in [5, 5.41) is 0. The van der Waals surface area contributed by atoms with Crippen LogP contribution in [-0.4, -0.2) is 9.96 Å². The lowest BCUT2D eigenvalue weighted by Crippen LogP contribution is -2.09. The number of hydrogen-bond donors (Lipinski definition) is 1. The smallest absolute Gasteiger partial charge is 0.0485 e. The van der Waals surface area contributed by atoms with Gasteiger partial charge in [-0.15, -0.1) is 0 Å². The van der Waals surface area contributed by atoms with Crippen molar-refractivity contribution in [3.05, 3.63) is 35.4 Å². The second-order valence-electron chi connectivity index (χ2n) is 4.93. The molecule has 0 spiro atoms. The molecular formula is C14H21NOS. The van der Waals surface area contributed by atoms with E-state index >= 15 is 0 Å². The van der Waals surface area contributed by atoms with Crippen LogP contribution < -0.4 is 5.73 Å². The van der Waals surface area contributed by atoms with Crippen molar-refractivity contribution < 1.29 is 4.21 Å². The van der Waals surface area contributed by atoms with E-state index in [0.717, 1.165) is 16.9 Å². The molecule has 0 saturated heterocycles. The lowest BCUT2D eigenvalue weighted by atomic mass is 10.1. The maximum atomic E-state index is 12.0. The molecule has 0 aliphatic heterocycles. The SMILES string of the molecule is NCc1cccc(CS(=O)CC2CCCC2)c1. The fourth-order valence-electron chi connectivity index (χ4n) is 2.53. The van der Waals surface area contributed by atoms with Gasteiger partial charge >= 0.3 is 0 Å². The lowest BCUT2D eigenvalue weighted by Gasteiger charge is -2.09. The third-order valence-electron chi connectivity index (χ3n) is 3.45. The second-order valence-corrected chi connectivity index (χ2v) is 6.43. The molecule has 1 atom stereocenters. The van der Waals surface area contributed by atoms with E-state index in [1.165, 1.54) is 25.7 Å². The quantitative estimate of drug-likeness (QED) is 0.874. The number of hydrogen-bond acceptors (Lipinski definition) is 2. The first-order valence-electron chi connectivity index (χ1n) is 6.41. The van der Waals surface area contributed by atoms with Crippen molar-refractivity contribution in [2.24, 2.45) is 11.7 Å². The average Bonchev–Trinajstić information content (AvgIpc) is 2.82. The summed E-state index contributed by atoms with van der Waals surface area (Å²) < 4.78 is 12.0. The van der Waals surface area contributed by atoms with Gasteiger partial charge in [0.2, 0.25) is 0 Å². The predicted molar refractivity (Wildman–Crippen MR) is 73.0 cm³/mol. The van der Waals surface area contributed by atoms with Crippen molar-refractivity contribution in [1.29, 1.82) is 0 Å². The fraction of sp³-hybridized carbons (Fsp3) is 0.571. The molecule has 2 rings (SSSR count). The minimum Gasteiger partial charge on any atom is -0.326 e. The minimum atomic E-state index is -0.712. The first-order chi connectivity index (χ1) is 8.28. The summed E-state index contributed by atoms with van der Waals surface area (Å²) >= 11 is 0. The lowest BCUT2D eigenvalue weighted by molar-refractivity contribution is 0.604. The molecule has 0 radical (unpaired) electrons. The Morgan fingerprint density at radius 1 is 1.24 bits per heavy atom. The van der Waals surface area contributed by atoms with E-state index in [2.05, 4.69) is 6.07 Å². The van der Waals surface area contributed by atoms with Crippen molar-refractivity contribution in [3.8, 4) is 0 Å². The van der Waals surface area contributed by atoms with Crippen LogP contribution in [0.5, 0.6) is 0 Å². The molecule has 1 unspecified atom stereocenters. The summed E-state index contributed by atoms with van der Waals surface area (Å²) in [4.78, 5) is 0. The Morgan fingerprint density at radius 2 is 1.94 bits per heavy atom. The van der Waals surface area contributed by atoms with Gasteiger partial charge in [-0.3, -0.25) is 4.21 Å².